The van der Waals surface area contributed by atoms with Crippen molar-refractivity contribution in [1.82, 2.24) is 20.9 Å². The molecule has 10 nitrogen and oxygen atoms in total. The summed E-state index contributed by atoms with van der Waals surface area (Å²) in [6.45, 7) is 4.30. The highest BCUT2D eigenvalue weighted by atomic mass is 16.5. The van der Waals surface area contributed by atoms with Gasteiger partial charge in [0.05, 0.1) is 0 Å². The van der Waals surface area contributed by atoms with Gasteiger partial charge in [-0.05, 0) is 33.1 Å². The fourth-order valence-corrected chi connectivity index (χ4v) is 3.51. The number of unbranched alkanes of at least 4 members (excludes halogenated alkanes) is 1. The Hall–Kier alpha value is -2.65. The molecule has 0 aromatic rings. The third kappa shape index (κ3) is 5.91. The summed E-state index contributed by atoms with van der Waals surface area (Å²) in [7, 11) is 0. The van der Waals surface area contributed by atoms with Crippen molar-refractivity contribution in [3.63, 3.8) is 0 Å². The normalized spacial score (nSPS) is 22.9. The molecular weight excluding hydrogens is 380 g/mol. The zero-order valence-electron chi connectivity index (χ0n) is 17.2. The molecule has 1 saturated carbocycles. The molecule has 2 atom stereocenters. The Labute approximate surface area is 170 Å². The Bertz CT molecular complexity index is 676. The minimum Gasteiger partial charge on any atom is -0.451 e. The number of carbonyl (C=O) groups excluding carboxylic acids is 5. The summed E-state index contributed by atoms with van der Waals surface area (Å²) in [6.07, 6.45) is 4.64. The molecule has 10 heteroatoms. The third-order valence-electron chi connectivity index (χ3n) is 5.27. The van der Waals surface area contributed by atoms with E-state index in [4.69, 9.17) is 4.74 Å². The number of hydrogen-bond donors (Lipinski definition) is 3. The summed E-state index contributed by atoms with van der Waals surface area (Å²) in [6, 6.07) is -1.26. The monoisotopic (exact) mass is 410 g/mol. The lowest BCUT2D eigenvalue weighted by atomic mass is 9.95. The van der Waals surface area contributed by atoms with E-state index in [-0.39, 0.29) is 6.04 Å². The molecule has 0 radical (unpaired) electrons. The van der Waals surface area contributed by atoms with E-state index in [1.807, 2.05) is 6.92 Å². The number of amides is 6. The van der Waals surface area contributed by atoms with Crippen LogP contribution in [0.3, 0.4) is 0 Å². The number of imide groups is 2. The highest BCUT2D eigenvalue weighted by molar-refractivity contribution is 6.08. The topological polar surface area (TPSA) is 134 Å². The van der Waals surface area contributed by atoms with E-state index in [1.54, 1.807) is 6.92 Å². The van der Waals surface area contributed by atoms with Crippen molar-refractivity contribution in [3.8, 4) is 0 Å². The molecule has 29 heavy (non-hydrogen) atoms. The molecule has 6 amide bonds. The summed E-state index contributed by atoms with van der Waals surface area (Å²) >= 11 is 0. The summed E-state index contributed by atoms with van der Waals surface area (Å²) in [4.78, 5) is 61.4. The van der Waals surface area contributed by atoms with E-state index < -0.39 is 48.0 Å². The number of esters is 1. The lowest BCUT2D eigenvalue weighted by molar-refractivity contribution is -0.156. The van der Waals surface area contributed by atoms with Crippen molar-refractivity contribution < 1.29 is 28.7 Å². The van der Waals surface area contributed by atoms with E-state index in [0.717, 1.165) is 43.4 Å². The fraction of sp³-hybridized carbons (Fsp3) is 0.737. The Morgan fingerprint density at radius 3 is 2.55 bits per heavy atom. The van der Waals surface area contributed by atoms with Crippen LogP contribution in [0.15, 0.2) is 0 Å². The van der Waals surface area contributed by atoms with E-state index >= 15 is 0 Å². The molecule has 1 aliphatic carbocycles. The summed E-state index contributed by atoms with van der Waals surface area (Å²) in [5.41, 5.74) is -1.05. The molecule has 2 rings (SSSR count). The van der Waals surface area contributed by atoms with Crippen LogP contribution in [0.25, 0.3) is 0 Å². The van der Waals surface area contributed by atoms with Gasteiger partial charge in [0.1, 0.15) is 12.1 Å². The minimum atomic E-state index is -1.25. The van der Waals surface area contributed by atoms with Crippen LogP contribution in [0.1, 0.15) is 65.7 Å². The number of nitrogens with one attached hydrogen (secondary N) is 3. The second-order valence-electron chi connectivity index (χ2n) is 7.83. The Kier molecular flexibility index (Phi) is 7.58. The number of nitrogens with zero attached hydrogens (tertiary/aromatic N) is 1. The number of urea groups is 2. The molecule has 2 aliphatic rings. The van der Waals surface area contributed by atoms with Crippen molar-refractivity contribution in [2.75, 3.05) is 6.54 Å². The van der Waals surface area contributed by atoms with Crippen LogP contribution in [-0.4, -0.2) is 59.0 Å². The average molecular weight is 410 g/mol. The molecule has 0 aromatic heterocycles. The second-order valence-corrected chi connectivity index (χ2v) is 7.83. The van der Waals surface area contributed by atoms with Crippen LogP contribution in [0.4, 0.5) is 9.59 Å². The fourth-order valence-electron chi connectivity index (χ4n) is 3.51. The van der Waals surface area contributed by atoms with E-state index in [1.165, 1.54) is 6.92 Å². The maximum Gasteiger partial charge on any atom is 0.327 e. The van der Waals surface area contributed by atoms with Crippen LogP contribution in [-0.2, 0) is 19.1 Å². The van der Waals surface area contributed by atoms with E-state index in [9.17, 15) is 24.0 Å². The first kappa shape index (κ1) is 22.6. The van der Waals surface area contributed by atoms with Gasteiger partial charge in [0.2, 0.25) is 0 Å². The van der Waals surface area contributed by atoms with Crippen molar-refractivity contribution in [2.45, 2.75) is 83.4 Å². The van der Waals surface area contributed by atoms with Crippen molar-refractivity contribution in [2.24, 2.45) is 0 Å². The Morgan fingerprint density at radius 1 is 1.28 bits per heavy atom. The Balaban J connectivity index is 1.81. The van der Waals surface area contributed by atoms with Crippen molar-refractivity contribution in [3.05, 3.63) is 0 Å². The summed E-state index contributed by atoms with van der Waals surface area (Å²) < 4.78 is 4.99. The number of carbonyl (C=O) groups is 5. The van der Waals surface area contributed by atoms with Crippen molar-refractivity contribution >= 4 is 29.8 Å². The molecule has 1 aliphatic heterocycles. The van der Waals surface area contributed by atoms with Gasteiger partial charge in [-0.3, -0.25) is 24.6 Å². The van der Waals surface area contributed by atoms with E-state index in [2.05, 4.69) is 16.0 Å². The second kappa shape index (κ2) is 9.71. The van der Waals surface area contributed by atoms with E-state index in [0.29, 0.717) is 6.42 Å². The molecule has 0 aromatic carbocycles. The Morgan fingerprint density at radius 2 is 1.93 bits per heavy atom. The van der Waals surface area contributed by atoms with Gasteiger partial charge in [-0.1, -0.05) is 32.6 Å². The van der Waals surface area contributed by atoms with Crippen LogP contribution >= 0.6 is 0 Å². The van der Waals surface area contributed by atoms with Gasteiger partial charge in [0.15, 0.2) is 6.10 Å². The van der Waals surface area contributed by atoms with Gasteiger partial charge < -0.3 is 15.4 Å². The predicted molar refractivity (Wildman–Crippen MR) is 103 cm³/mol. The van der Waals surface area contributed by atoms with Gasteiger partial charge in [0, 0.05) is 6.04 Å². The molecule has 2 fully saturated rings. The van der Waals surface area contributed by atoms with Gasteiger partial charge in [0.25, 0.3) is 11.8 Å². The highest BCUT2D eigenvalue weighted by Crippen LogP contribution is 2.23. The maximum absolute atomic E-state index is 12.5. The first-order valence-electron chi connectivity index (χ1n) is 10.1. The molecule has 0 bridgehead atoms. The molecule has 3 N–H and O–H groups in total. The van der Waals surface area contributed by atoms with Gasteiger partial charge >= 0.3 is 18.0 Å². The van der Waals surface area contributed by atoms with Crippen LogP contribution in [0, 0.1) is 0 Å². The SMILES string of the molecule is CCCC[C@]1(C)NC(=O)N(CC(=O)O[C@H](C)C(=O)NC(=O)NC2CCCC2)C1=O. The van der Waals surface area contributed by atoms with Crippen molar-refractivity contribution in [1.29, 1.82) is 0 Å². The lowest BCUT2D eigenvalue weighted by Crippen LogP contribution is -2.48. The zero-order chi connectivity index (χ0) is 21.6. The molecule has 0 unspecified atom stereocenters. The third-order valence-corrected chi connectivity index (χ3v) is 5.27. The molecule has 162 valence electrons. The predicted octanol–water partition coefficient (Wildman–Crippen LogP) is 1.19. The first-order chi connectivity index (χ1) is 13.7. The summed E-state index contributed by atoms with van der Waals surface area (Å²) in [5.74, 6) is -2.19. The van der Waals surface area contributed by atoms with Gasteiger partial charge in [-0.15, -0.1) is 0 Å². The summed E-state index contributed by atoms with van der Waals surface area (Å²) in [5, 5.41) is 7.43. The smallest absolute Gasteiger partial charge is 0.327 e. The number of ether oxygens (including phenoxy) is 1. The quantitative estimate of drug-likeness (QED) is 0.406. The minimum absolute atomic E-state index is 0.0439. The van der Waals surface area contributed by atoms with Crippen LogP contribution < -0.4 is 16.0 Å². The average Bonchev–Trinajstić information content (AvgIpc) is 3.22. The lowest BCUT2D eigenvalue weighted by Gasteiger charge is -2.21. The number of rotatable bonds is 8. The number of hydrogen-bond acceptors (Lipinski definition) is 6. The van der Waals surface area contributed by atoms with Crippen LogP contribution in [0.2, 0.25) is 0 Å². The van der Waals surface area contributed by atoms with Gasteiger partial charge in [-0.25, -0.2) is 9.59 Å². The molecule has 0 spiro atoms. The first-order valence-corrected chi connectivity index (χ1v) is 10.1. The molecule has 1 heterocycles. The molecular formula is C19H30N4O6. The van der Waals surface area contributed by atoms with Gasteiger partial charge in [-0.2, -0.15) is 0 Å². The van der Waals surface area contributed by atoms with Crippen LogP contribution in [0.5, 0.6) is 0 Å². The standard InChI is InChI=1S/C19H30N4O6/c1-4-5-10-19(3)16(26)23(18(28)22-19)11-14(24)29-12(2)15(25)21-17(27)20-13-8-6-7-9-13/h12-13H,4-11H2,1-3H3,(H,22,28)(H2,20,21,25,27)/t12-,19+/m1/s1. The zero-order valence-corrected chi connectivity index (χ0v) is 17.2. The highest BCUT2D eigenvalue weighted by Gasteiger charge is 2.48. The largest absolute Gasteiger partial charge is 0.451 e. The molecule has 1 saturated heterocycles. The maximum atomic E-state index is 12.5.